The van der Waals surface area contributed by atoms with E-state index in [1.165, 1.54) is 12.8 Å². The molecule has 1 atom stereocenters. The van der Waals surface area contributed by atoms with Gasteiger partial charge in [0.05, 0.1) is 7.11 Å². The number of amides is 1. The lowest BCUT2D eigenvalue weighted by molar-refractivity contribution is 0.0727. The van der Waals surface area contributed by atoms with Crippen LogP contribution in [0.15, 0.2) is 18.2 Å². The molecule has 1 amide bonds. The molecule has 18 heavy (non-hydrogen) atoms. The highest BCUT2D eigenvalue weighted by atomic mass is 16.5. The number of benzene rings is 1. The first-order valence-corrected chi connectivity index (χ1v) is 6.46. The maximum atomic E-state index is 12.4. The summed E-state index contributed by atoms with van der Waals surface area (Å²) in [6, 6.07) is 5.95. The van der Waals surface area contributed by atoms with Crippen LogP contribution in [0.4, 0.5) is 0 Å². The number of methoxy groups -OCH3 is 1. The second kappa shape index (κ2) is 5.01. The number of carbonyl (C=O) groups is 1. The van der Waals surface area contributed by atoms with Gasteiger partial charge in [-0.05, 0) is 50.3 Å². The molecule has 1 aliphatic rings. The zero-order valence-corrected chi connectivity index (χ0v) is 11.6. The number of aryl methyl sites for hydroxylation is 1. The molecule has 0 saturated heterocycles. The van der Waals surface area contributed by atoms with Crippen molar-refractivity contribution >= 4 is 5.91 Å². The number of carbonyl (C=O) groups excluding carboxylic acids is 1. The third-order valence-corrected chi connectivity index (χ3v) is 3.89. The molecule has 0 N–H and O–H groups in total. The Kier molecular flexibility index (Phi) is 3.60. The van der Waals surface area contributed by atoms with Crippen molar-refractivity contribution in [3.63, 3.8) is 0 Å². The van der Waals surface area contributed by atoms with Crippen LogP contribution in [-0.2, 0) is 0 Å². The second-order valence-electron chi connectivity index (χ2n) is 5.18. The van der Waals surface area contributed by atoms with Gasteiger partial charge in [-0.1, -0.05) is 6.07 Å². The van der Waals surface area contributed by atoms with Crippen LogP contribution in [-0.4, -0.2) is 31.0 Å². The minimum Gasteiger partial charge on any atom is -0.496 e. The van der Waals surface area contributed by atoms with E-state index < -0.39 is 0 Å². The first-order chi connectivity index (χ1) is 8.54. The van der Waals surface area contributed by atoms with Crippen molar-refractivity contribution < 1.29 is 9.53 Å². The summed E-state index contributed by atoms with van der Waals surface area (Å²) in [6.07, 6.45) is 2.49. The van der Waals surface area contributed by atoms with Crippen LogP contribution in [0.1, 0.15) is 35.7 Å². The molecule has 1 unspecified atom stereocenters. The number of ether oxygens (including phenoxy) is 1. The number of rotatable bonds is 4. The summed E-state index contributed by atoms with van der Waals surface area (Å²) >= 11 is 0. The first kappa shape index (κ1) is 12.9. The lowest BCUT2D eigenvalue weighted by atomic mass is 10.1. The van der Waals surface area contributed by atoms with Gasteiger partial charge in [-0.15, -0.1) is 0 Å². The van der Waals surface area contributed by atoms with Gasteiger partial charge in [-0.2, -0.15) is 0 Å². The highest BCUT2D eigenvalue weighted by Gasteiger charge is 2.32. The van der Waals surface area contributed by atoms with Gasteiger partial charge in [-0.3, -0.25) is 4.79 Å². The molecular weight excluding hydrogens is 226 g/mol. The Hall–Kier alpha value is -1.51. The fourth-order valence-corrected chi connectivity index (χ4v) is 2.24. The average molecular weight is 247 g/mol. The monoisotopic (exact) mass is 247 g/mol. The number of hydrogen-bond donors (Lipinski definition) is 0. The predicted molar refractivity (Wildman–Crippen MR) is 72.0 cm³/mol. The largest absolute Gasteiger partial charge is 0.496 e. The Balaban J connectivity index is 2.17. The maximum Gasteiger partial charge on any atom is 0.253 e. The lowest BCUT2D eigenvalue weighted by Gasteiger charge is -2.25. The Morgan fingerprint density at radius 3 is 2.67 bits per heavy atom. The van der Waals surface area contributed by atoms with E-state index >= 15 is 0 Å². The number of nitrogens with zero attached hydrogens (tertiary/aromatic N) is 1. The van der Waals surface area contributed by atoms with Gasteiger partial charge in [0.25, 0.3) is 5.91 Å². The van der Waals surface area contributed by atoms with Crippen LogP contribution in [0, 0.1) is 12.8 Å². The molecule has 0 aromatic heterocycles. The van der Waals surface area contributed by atoms with E-state index in [4.69, 9.17) is 4.74 Å². The summed E-state index contributed by atoms with van der Waals surface area (Å²) in [5.41, 5.74) is 1.75. The summed E-state index contributed by atoms with van der Waals surface area (Å²) in [4.78, 5) is 14.2. The van der Waals surface area contributed by atoms with Crippen molar-refractivity contribution in [3.8, 4) is 5.75 Å². The van der Waals surface area contributed by atoms with Crippen molar-refractivity contribution in [2.45, 2.75) is 32.7 Å². The van der Waals surface area contributed by atoms with Gasteiger partial charge >= 0.3 is 0 Å². The quantitative estimate of drug-likeness (QED) is 0.818. The molecular formula is C15H21NO2. The van der Waals surface area contributed by atoms with Crippen molar-refractivity contribution in [2.75, 3.05) is 14.2 Å². The van der Waals surface area contributed by atoms with Crippen molar-refractivity contribution in [1.82, 2.24) is 4.90 Å². The third kappa shape index (κ3) is 2.50. The van der Waals surface area contributed by atoms with Crippen LogP contribution in [0.5, 0.6) is 5.75 Å². The summed E-state index contributed by atoms with van der Waals surface area (Å²) in [7, 11) is 3.52. The standard InChI is InChI=1S/C15H21NO2/c1-10-5-6-13(9-14(10)18-4)15(17)16(3)11(2)12-7-8-12/h5-6,9,11-12H,7-8H2,1-4H3. The molecule has 3 heteroatoms. The summed E-state index contributed by atoms with van der Waals surface area (Å²) in [6.45, 7) is 4.10. The molecule has 1 aromatic rings. The van der Waals surface area contributed by atoms with Crippen LogP contribution < -0.4 is 4.74 Å². The van der Waals surface area contributed by atoms with Gasteiger partial charge < -0.3 is 9.64 Å². The minimum absolute atomic E-state index is 0.0766. The molecule has 0 heterocycles. The van der Waals surface area contributed by atoms with Crippen LogP contribution >= 0.6 is 0 Å². The molecule has 98 valence electrons. The average Bonchev–Trinajstić information content (AvgIpc) is 3.21. The SMILES string of the molecule is COc1cc(C(=O)N(C)C(C)C2CC2)ccc1C. The van der Waals surface area contributed by atoms with E-state index in [0.717, 1.165) is 11.3 Å². The Morgan fingerprint density at radius 1 is 1.44 bits per heavy atom. The summed E-state index contributed by atoms with van der Waals surface area (Å²) in [5, 5.41) is 0. The third-order valence-electron chi connectivity index (χ3n) is 3.89. The number of hydrogen-bond acceptors (Lipinski definition) is 2. The smallest absolute Gasteiger partial charge is 0.253 e. The molecule has 3 nitrogen and oxygen atoms in total. The minimum atomic E-state index is 0.0766. The fourth-order valence-electron chi connectivity index (χ4n) is 2.24. The van der Waals surface area contributed by atoms with Crippen molar-refractivity contribution in [1.29, 1.82) is 0 Å². The van der Waals surface area contributed by atoms with Gasteiger partial charge in [0.15, 0.2) is 0 Å². The highest BCUT2D eigenvalue weighted by Crippen LogP contribution is 2.35. The molecule has 0 bridgehead atoms. The van der Waals surface area contributed by atoms with Gasteiger partial charge in [-0.25, -0.2) is 0 Å². The Bertz CT molecular complexity index is 452. The topological polar surface area (TPSA) is 29.5 Å². The predicted octanol–water partition coefficient (Wildman–Crippen LogP) is 2.87. The summed E-state index contributed by atoms with van der Waals surface area (Å²) in [5.74, 6) is 1.53. The fraction of sp³-hybridized carbons (Fsp3) is 0.533. The van der Waals surface area contributed by atoms with E-state index in [2.05, 4.69) is 6.92 Å². The Labute approximate surface area is 109 Å². The molecule has 1 saturated carbocycles. The van der Waals surface area contributed by atoms with Gasteiger partial charge in [0, 0.05) is 18.7 Å². The van der Waals surface area contributed by atoms with Gasteiger partial charge in [0.1, 0.15) is 5.75 Å². The molecule has 0 aliphatic heterocycles. The Morgan fingerprint density at radius 2 is 2.11 bits per heavy atom. The normalized spacial score (nSPS) is 16.2. The van der Waals surface area contributed by atoms with E-state index in [0.29, 0.717) is 17.5 Å². The van der Waals surface area contributed by atoms with Crippen molar-refractivity contribution in [2.24, 2.45) is 5.92 Å². The first-order valence-electron chi connectivity index (χ1n) is 6.46. The van der Waals surface area contributed by atoms with E-state index in [9.17, 15) is 4.79 Å². The summed E-state index contributed by atoms with van der Waals surface area (Å²) < 4.78 is 5.27. The van der Waals surface area contributed by atoms with Crippen LogP contribution in [0.2, 0.25) is 0 Å². The zero-order chi connectivity index (χ0) is 13.3. The lowest BCUT2D eigenvalue weighted by Crippen LogP contribution is -2.36. The molecule has 1 aromatic carbocycles. The molecule has 0 spiro atoms. The van der Waals surface area contributed by atoms with E-state index in [1.807, 2.05) is 37.1 Å². The van der Waals surface area contributed by atoms with Crippen molar-refractivity contribution in [3.05, 3.63) is 29.3 Å². The molecule has 1 fully saturated rings. The molecule has 1 aliphatic carbocycles. The maximum absolute atomic E-state index is 12.4. The highest BCUT2D eigenvalue weighted by molar-refractivity contribution is 5.94. The second-order valence-corrected chi connectivity index (χ2v) is 5.18. The van der Waals surface area contributed by atoms with Crippen LogP contribution in [0.25, 0.3) is 0 Å². The van der Waals surface area contributed by atoms with E-state index in [-0.39, 0.29) is 5.91 Å². The van der Waals surface area contributed by atoms with Crippen LogP contribution in [0.3, 0.4) is 0 Å². The zero-order valence-electron chi connectivity index (χ0n) is 11.6. The molecule has 0 radical (unpaired) electrons. The van der Waals surface area contributed by atoms with Gasteiger partial charge in [0.2, 0.25) is 0 Å². The molecule has 2 rings (SSSR count). The van der Waals surface area contributed by atoms with E-state index in [1.54, 1.807) is 7.11 Å².